The molecule has 0 aliphatic heterocycles. The van der Waals surface area contributed by atoms with Crippen molar-refractivity contribution < 1.29 is 4.74 Å². The lowest BCUT2D eigenvalue weighted by Crippen LogP contribution is -2.02. The predicted molar refractivity (Wildman–Crippen MR) is 89.1 cm³/mol. The van der Waals surface area contributed by atoms with Gasteiger partial charge in [0.1, 0.15) is 11.5 Å². The van der Waals surface area contributed by atoms with E-state index >= 15 is 0 Å². The molecule has 2 aromatic carbocycles. The van der Waals surface area contributed by atoms with Crippen molar-refractivity contribution in [1.82, 2.24) is 0 Å². The average Bonchev–Trinajstić information content (AvgIpc) is 2.50. The van der Waals surface area contributed by atoms with E-state index in [1.165, 1.54) is 17.9 Å². The van der Waals surface area contributed by atoms with Crippen molar-refractivity contribution in [3.05, 3.63) is 54.6 Å². The highest BCUT2D eigenvalue weighted by atomic mass is 32.2. The van der Waals surface area contributed by atoms with Crippen LogP contribution in [0.25, 0.3) is 0 Å². The highest BCUT2D eigenvalue weighted by Gasteiger charge is 1.97. The number of rotatable bonds is 8. The fourth-order valence-corrected chi connectivity index (χ4v) is 2.45. The summed E-state index contributed by atoms with van der Waals surface area (Å²) in [6, 6.07) is 18.0. The summed E-state index contributed by atoms with van der Waals surface area (Å²) in [4.78, 5) is 0. The molecule has 0 aromatic heterocycles. The van der Waals surface area contributed by atoms with Gasteiger partial charge in [0.05, 0.1) is 0 Å². The molecule has 0 saturated carbocycles. The molecule has 0 heterocycles. The fourth-order valence-electron chi connectivity index (χ4n) is 1.82. The van der Waals surface area contributed by atoms with Crippen molar-refractivity contribution in [2.75, 3.05) is 23.4 Å². The van der Waals surface area contributed by atoms with Crippen molar-refractivity contribution in [3.63, 3.8) is 0 Å². The third-order valence-corrected chi connectivity index (χ3v) is 3.82. The molecule has 0 fully saturated rings. The number of para-hydroxylation sites is 1. The van der Waals surface area contributed by atoms with Gasteiger partial charge in [-0.05, 0) is 54.3 Å². The standard InChI is InChI=1S/C17H21NOS/c1-2-20-14-6-13-18-15-9-11-17(12-10-15)19-16-7-4-3-5-8-16/h3-5,7-12,18H,2,6,13-14H2,1H3. The van der Waals surface area contributed by atoms with Crippen LogP contribution in [0.3, 0.4) is 0 Å². The molecule has 0 aliphatic rings. The van der Waals surface area contributed by atoms with E-state index in [4.69, 9.17) is 4.74 Å². The molecule has 2 rings (SSSR count). The van der Waals surface area contributed by atoms with Crippen LogP contribution in [0.2, 0.25) is 0 Å². The second-order valence-electron chi connectivity index (χ2n) is 4.42. The molecular formula is C17H21NOS. The molecule has 0 bridgehead atoms. The van der Waals surface area contributed by atoms with Gasteiger partial charge in [-0.3, -0.25) is 0 Å². The first-order valence-corrected chi connectivity index (χ1v) is 8.18. The van der Waals surface area contributed by atoms with E-state index in [0.717, 1.165) is 23.7 Å². The monoisotopic (exact) mass is 287 g/mol. The van der Waals surface area contributed by atoms with Gasteiger partial charge in [-0.15, -0.1) is 0 Å². The van der Waals surface area contributed by atoms with Crippen LogP contribution in [0.15, 0.2) is 54.6 Å². The van der Waals surface area contributed by atoms with Crippen LogP contribution in [0.4, 0.5) is 5.69 Å². The summed E-state index contributed by atoms with van der Waals surface area (Å²) < 4.78 is 5.76. The summed E-state index contributed by atoms with van der Waals surface area (Å²) in [6.45, 7) is 3.22. The normalized spacial score (nSPS) is 10.2. The Kier molecular flexibility index (Phi) is 6.32. The van der Waals surface area contributed by atoms with Crippen LogP contribution in [-0.4, -0.2) is 18.1 Å². The number of thioether (sulfide) groups is 1. The number of hydrogen-bond donors (Lipinski definition) is 1. The Bertz CT molecular complexity index is 484. The first-order chi connectivity index (χ1) is 9.88. The zero-order chi connectivity index (χ0) is 14.0. The van der Waals surface area contributed by atoms with E-state index < -0.39 is 0 Å². The molecule has 0 spiro atoms. The lowest BCUT2D eigenvalue weighted by Gasteiger charge is -2.08. The summed E-state index contributed by atoms with van der Waals surface area (Å²) in [5.41, 5.74) is 1.15. The zero-order valence-corrected chi connectivity index (χ0v) is 12.7. The average molecular weight is 287 g/mol. The minimum absolute atomic E-state index is 0.864. The van der Waals surface area contributed by atoms with Crippen LogP contribution in [-0.2, 0) is 0 Å². The topological polar surface area (TPSA) is 21.3 Å². The van der Waals surface area contributed by atoms with Crippen molar-refractivity contribution in [3.8, 4) is 11.5 Å². The van der Waals surface area contributed by atoms with Crippen LogP contribution in [0.1, 0.15) is 13.3 Å². The van der Waals surface area contributed by atoms with Gasteiger partial charge in [0.25, 0.3) is 0 Å². The molecule has 1 N–H and O–H groups in total. The van der Waals surface area contributed by atoms with Gasteiger partial charge < -0.3 is 10.1 Å². The summed E-state index contributed by atoms with van der Waals surface area (Å²) in [6.07, 6.45) is 1.20. The number of hydrogen-bond acceptors (Lipinski definition) is 3. The van der Waals surface area contributed by atoms with Gasteiger partial charge in [-0.1, -0.05) is 25.1 Å². The summed E-state index contributed by atoms with van der Waals surface area (Å²) in [7, 11) is 0. The predicted octanol–water partition coefficient (Wildman–Crippen LogP) is 5.03. The number of nitrogens with one attached hydrogen (secondary N) is 1. The number of ether oxygens (including phenoxy) is 1. The van der Waals surface area contributed by atoms with E-state index in [1.807, 2.05) is 54.2 Å². The Labute approximate surface area is 125 Å². The largest absolute Gasteiger partial charge is 0.457 e. The molecule has 0 aliphatic carbocycles. The first kappa shape index (κ1) is 14.8. The quantitative estimate of drug-likeness (QED) is 0.688. The third kappa shape index (κ3) is 5.17. The van der Waals surface area contributed by atoms with E-state index in [0.29, 0.717) is 0 Å². The molecule has 106 valence electrons. The first-order valence-electron chi connectivity index (χ1n) is 7.03. The Hall–Kier alpha value is -1.61. The molecule has 3 heteroatoms. The Balaban J connectivity index is 1.78. The second-order valence-corrected chi connectivity index (χ2v) is 5.81. The molecule has 2 aromatic rings. The van der Waals surface area contributed by atoms with Gasteiger partial charge in [0, 0.05) is 12.2 Å². The fraction of sp³-hybridized carbons (Fsp3) is 0.294. The molecule has 0 amide bonds. The van der Waals surface area contributed by atoms with Crippen LogP contribution in [0.5, 0.6) is 11.5 Å². The van der Waals surface area contributed by atoms with Gasteiger partial charge in [0.2, 0.25) is 0 Å². The summed E-state index contributed by atoms with van der Waals surface area (Å²) in [5, 5.41) is 3.43. The van der Waals surface area contributed by atoms with Crippen LogP contribution < -0.4 is 10.1 Å². The van der Waals surface area contributed by atoms with Gasteiger partial charge in [-0.2, -0.15) is 11.8 Å². The minimum Gasteiger partial charge on any atom is -0.457 e. The number of benzene rings is 2. The SMILES string of the molecule is CCSCCCNc1ccc(Oc2ccccc2)cc1. The molecule has 0 radical (unpaired) electrons. The molecule has 0 unspecified atom stereocenters. The smallest absolute Gasteiger partial charge is 0.127 e. The summed E-state index contributed by atoms with van der Waals surface area (Å²) in [5.74, 6) is 4.15. The third-order valence-electron chi connectivity index (χ3n) is 2.83. The molecule has 0 atom stereocenters. The summed E-state index contributed by atoms with van der Waals surface area (Å²) >= 11 is 1.99. The lowest BCUT2D eigenvalue weighted by atomic mass is 10.3. The molecule has 0 saturated heterocycles. The maximum Gasteiger partial charge on any atom is 0.127 e. The van der Waals surface area contributed by atoms with Crippen molar-refractivity contribution >= 4 is 17.4 Å². The van der Waals surface area contributed by atoms with Gasteiger partial charge in [-0.25, -0.2) is 0 Å². The van der Waals surface area contributed by atoms with Crippen LogP contribution in [0, 0.1) is 0 Å². The van der Waals surface area contributed by atoms with Crippen molar-refractivity contribution in [2.24, 2.45) is 0 Å². The highest BCUT2D eigenvalue weighted by molar-refractivity contribution is 7.99. The van der Waals surface area contributed by atoms with Crippen molar-refractivity contribution in [2.45, 2.75) is 13.3 Å². The van der Waals surface area contributed by atoms with E-state index in [2.05, 4.69) is 24.4 Å². The number of anilines is 1. The second kappa shape index (κ2) is 8.54. The van der Waals surface area contributed by atoms with Gasteiger partial charge in [0.15, 0.2) is 0 Å². The maximum absolute atomic E-state index is 5.76. The Morgan fingerprint density at radius 3 is 2.35 bits per heavy atom. The zero-order valence-electron chi connectivity index (χ0n) is 11.8. The van der Waals surface area contributed by atoms with E-state index in [9.17, 15) is 0 Å². The highest BCUT2D eigenvalue weighted by Crippen LogP contribution is 2.22. The lowest BCUT2D eigenvalue weighted by molar-refractivity contribution is 0.483. The molecular weight excluding hydrogens is 266 g/mol. The minimum atomic E-state index is 0.864. The van der Waals surface area contributed by atoms with Crippen molar-refractivity contribution in [1.29, 1.82) is 0 Å². The van der Waals surface area contributed by atoms with Crippen LogP contribution >= 0.6 is 11.8 Å². The maximum atomic E-state index is 5.76. The van der Waals surface area contributed by atoms with E-state index in [-0.39, 0.29) is 0 Å². The molecule has 20 heavy (non-hydrogen) atoms. The van der Waals surface area contributed by atoms with E-state index in [1.54, 1.807) is 0 Å². The Morgan fingerprint density at radius 1 is 0.950 bits per heavy atom. The Morgan fingerprint density at radius 2 is 1.65 bits per heavy atom. The van der Waals surface area contributed by atoms with Gasteiger partial charge >= 0.3 is 0 Å². The molecule has 2 nitrogen and oxygen atoms in total.